The van der Waals surface area contributed by atoms with Crippen LogP contribution >= 0.6 is 11.6 Å². The summed E-state index contributed by atoms with van der Waals surface area (Å²) in [4.78, 5) is 12.1. The lowest BCUT2D eigenvalue weighted by Gasteiger charge is -2.26. The standard InChI is InChI=1S/C15H21ClN2O/c1-10-4-2-5-11(8-10)9-18-15(19)12-6-3-7-13(16)14(12)17/h3,6-7,10-11H,2,4-5,8-9,17H2,1H3,(H,18,19). The molecule has 3 N–H and O–H groups in total. The van der Waals surface area contributed by atoms with Crippen molar-refractivity contribution in [3.63, 3.8) is 0 Å². The first kappa shape index (κ1) is 14.2. The molecule has 2 unspecified atom stereocenters. The summed E-state index contributed by atoms with van der Waals surface area (Å²) < 4.78 is 0. The van der Waals surface area contributed by atoms with Crippen LogP contribution in [0, 0.1) is 11.8 Å². The lowest BCUT2D eigenvalue weighted by Crippen LogP contribution is -2.31. The number of nitrogens with one attached hydrogen (secondary N) is 1. The number of amides is 1. The van der Waals surface area contributed by atoms with E-state index in [0.29, 0.717) is 22.2 Å². The predicted octanol–water partition coefficient (Wildman–Crippen LogP) is 3.48. The van der Waals surface area contributed by atoms with Gasteiger partial charge in [0.15, 0.2) is 0 Å². The highest BCUT2D eigenvalue weighted by atomic mass is 35.5. The quantitative estimate of drug-likeness (QED) is 0.833. The normalized spacial score (nSPS) is 23.1. The van der Waals surface area contributed by atoms with E-state index in [0.717, 1.165) is 12.5 Å². The molecule has 1 amide bonds. The lowest BCUT2D eigenvalue weighted by atomic mass is 9.82. The van der Waals surface area contributed by atoms with Gasteiger partial charge in [0.25, 0.3) is 5.91 Å². The van der Waals surface area contributed by atoms with Crippen molar-refractivity contribution in [3.8, 4) is 0 Å². The molecule has 0 saturated heterocycles. The van der Waals surface area contributed by atoms with E-state index in [4.69, 9.17) is 17.3 Å². The molecule has 0 radical (unpaired) electrons. The molecular formula is C15H21ClN2O. The van der Waals surface area contributed by atoms with Gasteiger partial charge in [-0.1, -0.05) is 37.4 Å². The molecule has 0 aliphatic heterocycles. The molecule has 1 aromatic carbocycles. The van der Waals surface area contributed by atoms with E-state index in [-0.39, 0.29) is 5.91 Å². The van der Waals surface area contributed by atoms with Gasteiger partial charge in [0.2, 0.25) is 0 Å². The number of halogens is 1. The Morgan fingerprint density at radius 1 is 1.47 bits per heavy atom. The molecule has 1 fully saturated rings. The number of rotatable bonds is 3. The van der Waals surface area contributed by atoms with Crippen LogP contribution in [0.2, 0.25) is 5.02 Å². The first-order valence-electron chi connectivity index (χ1n) is 6.90. The van der Waals surface area contributed by atoms with E-state index in [1.807, 2.05) is 0 Å². The SMILES string of the molecule is CC1CCCC(CNC(=O)c2cccc(Cl)c2N)C1. The number of hydrogen-bond acceptors (Lipinski definition) is 2. The maximum Gasteiger partial charge on any atom is 0.253 e. The molecule has 0 spiro atoms. The number of hydrogen-bond donors (Lipinski definition) is 2. The largest absolute Gasteiger partial charge is 0.397 e. The van der Waals surface area contributed by atoms with Crippen LogP contribution in [0.4, 0.5) is 5.69 Å². The second kappa shape index (κ2) is 6.29. The number of carbonyl (C=O) groups is 1. The Labute approximate surface area is 119 Å². The zero-order valence-corrected chi connectivity index (χ0v) is 12.0. The summed E-state index contributed by atoms with van der Waals surface area (Å²) >= 11 is 5.92. The van der Waals surface area contributed by atoms with Gasteiger partial charge in [0.05, 0.1) is 16.3 Å². The molecule has 3 nitrogen and oxygen atoms in total. The summed E-state index contributed by atoms with van der Waals surface area (Å²) in [6.07, 6.45) is 4.98. The summed E-state index contributed by atoms with van der Waals surface area (Å²) in [5, 5.41) is 3.41. The van der Waals surface area contributed by atoms with Gasteiger partial charge in [-0.15, -0.1) is 0 Å². The first-order chi connectivity index (χ1) is 9.08. The topological polar surface area (TPSA) is 55.1 Å². The number of nitrogen functional groups attached to an aromatic ring is 1. The Morgan fingerprint density at radius 2 is 2.26 bits per heavy atom. The van der Waals surface area contributed by atoms with Gasteiger partial charge < -0.3 is 11.1 Å². The van der Waals surface area contributed by atoms with Crippen molar-refractivity contribution in [2.24, 2.45) is 11.8 Å². The van der Waals surface area contributed by atoms with Gasteiger partial charge in [-0.2, -0.15) is 0 Å². The van der Waals surface area contributed by atoms with Crippen LogP contribution in [0.5, 0.6) is 0 Å². The average Bonchev–Trinajstić information content (AvgIpc) is 2.39. The van der Waals surface area contributed by atoms with Crippen LogP contribution in [0.3, 0.4) is 0 Å². The highest BCUT2D eigenvalue weighted by Gasteiger charge is 2.20. The fourth-order valence-electron chi connectivity index (χ4n) is 2.81. The van der Waals surface area contributed by atoms with Crippen molar-refractivity contribution in [1.29, 1.82) is 0 Å². The van der Waals surface area contributed by atoms with Crippen LogP contribution in [0.1, 0.15) is 43.0 Å². The van der Waals surface area contributed by atoms with Crippen LogP contribution in [0.25, 0.3) is 0 Å². The van der Waals surface area contributed by atoms with Crippen molar-refractivity contribution >= 4 is 23.2 Å². The second-order valence-corrected chi connectivity index (χ2v) is 5.96. The predicted molar refractivity (Wildman–Crippen MR) is 79.3 cm³/mol. The third-order valence-corrected chi connectivity index (χ3v) is 4.22. The van der Waals surface area contributed by atoms with Crippen molar-refractivity contribution in [2.45, 2.75) is 32.6 Å². The van der Waals surface area contributed by atoms with Gasteiger partial charge in [0, 0.05) is 6.54 Å². The summed E-state index contributed by atoms with van der Waals surface area (Å²) in [5.41, 5.74) is 6.65. The minimum absolute atomic E-state index is 0.127. The fourth-order valence-corrected chi connectivity index (χ4v) is 2.99. The first-order valence-corrected chi connectivity index (χ1v) is 7.28. The molecule has 0 heterocycles. The Balaban J connectivity index is 1.92. The van der Waals surface area contributed by atoms with Gasteiger partial charge in [0.1, 0.15) is 0 Å². The van der Waals surface area contributed by atoms with E-state index < -0.39 is 0 Å². The maximum absolute atomic E-state index is 12.1. The van der Waals surface area contributed by atoms with E-state index >= 15 is 0 Å². The number of anilines is 1. The summed E-state index contributed by atoms with van der Waals surface area (Å²) in [6, 6.07) is 5.15. The number of nitrogens with two attached hydrogens (primary N) is 1. The molecule has 0 bridgehead atoms. The molecule has 1 saturated carbocycles. The van der Waals surface area contributed by atoms with E-state index in [9.17, 15) is 4.79 Å². The van der Waals surface area contributed by atoms with Crippen molar-refractivity contribution < 1.29 is 4.79 Å². The number of benzene rings is 1. The highest BCUT2D eigenvalue weighted by molar-refractivity contribution is 6.33. The molecule has 0 aromatic heterocycles. The number of para-hydroxylation sites is 1. The zero-order valence-electron chi connectivity index (χ0n) is 11.3. The van der Waals surface area contributed by atoms with Crippen LogP contribution in [-0.4, -0.2) is 12.5 Å². The molecule has 1 aromatic rings. The molecule has 4 heteroatoms. The lowest BCUT2D eigenvalue weighted by molar-refractivity contribution is 0.0941. The Kier molecular flexibility index (Phi) is 4.70. The molecule has 104 valence electrons. The molecule has 1 aliphatic rings. The van der Waals surface area contributed by atoms with E-state index in [2.05, 4.69) is 12.2 Å². The van der Waals surface area contributed by atoms with Crippen molar-refractivity contribution in [1.82, 2.24) is 5.32 Å². The third kappa shape index (κ3) is 3.63. The monoisotopic (exact) mass is 280 g/mol. The summed E-state index contributed by atoms with van der Waals surface area (Å²) in [7, 11) is 0. The smallest absolute Gasteiger partial charge is 0.253 e. The molecular weight excluding hydrogens is 260 g/mol. The molecule has 2 atom stereocenters. The van der Waals surface area contributed by atoms with Gasteiger partial charge >= 0.3 is 0 Å². The highest BCUT2D eigenvalue weighted by Crippen LogP contribution is 2.28. The van der Waals surface area contributed by atoms with Crippen LogP contribution < -0.4 is 11.1 Å². The summed E-state index contributed by atoms with van der Waals surface area (Å²) in [5.74, 6) is 1.23. The molecule has 2 rings (SSSR count). The Hall–Kier alpha value is -1.22. The van der Waals surface area contributed by atoms with Crippen molar-refractivity contribution in [2.75, 3.05) is 12.3 Å². The van der Waals surface area contributed by atoms with Gasteiger partial charge in [-0.3, -0.25) is 4.79 Å². The Bertz CT molecular complexity index is 461. The second-order valence-electron chi connectivity index (χ2n) is 5.55. The minimum Gasteiger partial charge on any atom is -0.397 e. The number of carbonyl (C=O) groups excluding carboxylic acids is 1. The zero-order chi connectivity index (χ0) is 13.8. The van der Waals surface area contributed by atoms with E-state index in [1.54, 1.807) is 18.2 Å². The van der Waals surface area contributed by atoms with Crippen molar-refractivity contribution in [3.05, 3.63) is 28.8 Å². The fraction of sp³-hybridized carbons (Fsp3) is 0.533. The third-order valence-electron chi connectivity index (χ3n) is 3.89. The molecule has 19 heavy (non-hydrogen) atoms. The van der Waals surface area contributed by atoms with Crippen LogP contribution in [-0.2, 0) is 0 Å². The van der Waals surface area contributed by atoms with Gasteiger partial charge in [-0.25, -0.2) is 0 Å². The molecule has 1 aliphatic carbocycles. The Morgan fingerprint density at radius 3 is 3.00 bits per heavy atom. The minimum atomic E-state index is -0.127. The van der Waals surface area contributed by atoms with Crippen LogP contribution in [0.15, 0.2) is 18.2 Å². The van der Waals surface area contributed by atoms with E-state index in [1.165, 1.54) is 25.7 Å². The van der Waals surface area contributed by atoms with Gasteiger partial charge in [-0.05, 0) is 36.8 Å². The maximum atomic E-state index is 12.1. The summed E-state index contributed by atoms with van der Waals surface area (Å²) in [6.45, 7) is 3.01. The average molecular weight is 281 g/mol.